The fourth-order valence-electron chi connectivity index (χ4n) is 16.9. The van der Waals surface area contributed by atoms with E-state index in [2.05, 4.69) is 84.0 Å². The first kappa shape index (κ1) is 93.8. The number of halogens is 1. The molecule has 0 spiro atoms. The molecule has 6 aliphatic rings. The van der Waals surface area contributed by atoms with Gasteiger partial charge in [0.2, 0.25) is 11.8 Å². The number of rotatable bonds is 20. The van der Waals surface area contributed by atoms with Crippen LogP contribution in [0.25, 0.3) is 0 Å². The maximum absolute atomic E-state index is 12.2. The second kappa shape index (κ2) is 40.5. The molecule has 2 aromatic heterocycles. The zero-order chi connectivity index (χ0) is 93.4. The normalized spacial score (nSPS) is 16.4. The van der Waals surface area contributed by atoms with Crippen molar-refractivity contribution in [2.75, 3.05) is 74.0 Å². The van der Waals surface area contributed by atoms with Gasteiger partial charge in [-0.1, -0.05) is 127 Å². The Kier molecular flexibility index (Phi) is 29.2. The van der Waals surface area contributed by atoms with Gasteiger partial charge in [-0.2, -0.15) is 46.8 Å². The van der Waals surface area contributed by atoms with E-state index >= 15 is 0 Å². The third-order valence-electron chi connectivity index (χ3n) is 25.0. The summed E-state index contributed by atoms with van der Waals surface area (Å²) in [4.78, 5) is 82.2. The van der Waals surface area contributed by atoms with Gasteiger partial charge in [-0.25, -0.2) is 24.0 Å². The van der Waals surface area contributed by atoms with Gasteiger partial charge in [0.05, 0.1) is 107 Å². The quantitative estimate of drug-likeness (QED) is 0.0473. The van der Waals surface area contributed by atoms with Crippen LogP contribution in [0.5, 0.6) is 11.8 Å². The molecular weight excluding hydrogens is 1650 g/mol. The SMILES string of the molecule is CCN1Cc2ccc([C@@](C)(C#N)[C@@H]3CCc4c(Cl)ccnc43)cc2NC1=O.CCN1Cc2ccc([C@](C)(C#N)Cc3cccc(C#N)c3)cc2NC1=O.CCN1Cc2ccc([C@](C)(C#N)Cc3ccccc3)cc2NC1=O.CCN1Cc2ccc([C@](C)(C#N)Cc3nc(OC)cc(OC)n3)cc2NC1=O.CN1Cc2ccc([C@@](C)(C#N)Cc3cccc(C#N)c3)cc2NC1=O. The van der Waals surface area contributed by atoms with Crippen molar-refractivity contribution in [2.45, 2.75) is 167 Å². The van der Waals surface area contributed by atoms with E-state index < -0.39 is 27.1 Å². The maximum atomic E-state index is 12.2. The van der Waals surface area contributed by atoms with Crippen molar-refractivity contribution in [3.8, 4) is 54.2 Å². The molecule has 0 unspecified atom stereocenters. The molecule has 16 rings (SSSR count). The summed E-state index contributed by atoms with van der Waals surface area (Å²) in [5.74, 6) is 1.17. The van der Waals surface area contributed by atoms with Crippen molar-refractivity contribution < 1.29 is 33.4 Å². The number of nitrogens with zero attached hydrogens (tertiary/aromatic N) is 15. The van der Waals surface area contributed by atoms with Gasteiger partial charge in [0.25, 0.3) is 0 Å². The first-order chi connectivity index (χ1) is 62.4. The van der Waals surface area contributed by atoms with Crippen LogP contribution in [0.2, 0.25) is 5.02 Å². The van der Waals surface area contributed by atoms with E-state index in [1.165, 1.54) is 14.2 Å². The van der Waals surface area contributed by atoms with Crippen LogP contribution in [0.15, 0.2) is 188 Å². The lowest BCUT2D eigenvalue weighted by molar-refractivity contribution is 0.209. The molecule has 28 heteroatoms. The molecule has 8 aromatic carbocycles. The van der Waals surface area contributed by atoms with Gasteiger partial charge in [0.15, 0.2) is 0 Å². The van der Waals surface area contributed by atoms with E-state index in [9.17, 15) is 50.3 Å². The predicted molar refractivity (Wildman–Crippen MR) is 497 cm³/mol. The molecule has 0 fully saturated rings. The number of benzene rings is 8. The number of methoxy groups -OCH3 is 2. The second-order valence-electron chi connectivity index (χ2n) is 33.9. The van der Waals surface area contributed by atoms with Crippen molar-refractivity contribution >= 4 is 70.2 Å². The Morgan fingerprint density at radius 3 is 1.12 bits per heavy atom. The fraction of sp³-hybridized carbons (Fsp3) is 0.324. The topological polar surface area (TPSA) is 385 Å². The molecule has 0 bridgehead atoms. The highest BCUT2D eigenvalue weighted by Crippen LogP contribution is 2.49. The summed E-state index contributed by atoms with van der Waals surface area (Å²) in [6, 6.07) is 73.2. The largest absolute Gasteiger partial charge is 0.481 e. The van der Waals surface area contributed by atoms with Crippen molar-refractivity contribution in [3.63, 3.8) is 0 Å². The van der Waals surface area contributed by atoms with Crippen LogP contribution >= 0.6 is 11.6 Å². The number of nitriles is 7. The Labute approximate surface area is 764 Å². The minimum absolute atomic E-state index is 0.0271. The molecular formula is C102H103ClN20O7. The monoisotopic (exact) mass is 1750 g/mol. The molecule has 5 N–H and O–H groups in total. The fourth-order valence-corrected chi connectivity index (χ4v) is 17.1. The molecule has 5 aliphatic heterocycles. The lowest BCUT2D eigenvalue weighted by atomic mass is 9.71. The smallest absolute Gasteiger partial charge is 0.322 e. The Balaban J connectivity index is 0.000000147. The molecule has 7 heterocycles. The van der Waals surface area contributed by atoms with Gasteiger partial charge >= 0.3 is 30.2 Å². The van der Waals surface area contributed by atoms with E-state index in [0.717, 1.165) is 130 Å². The van der Waals surface area contributed by atoms with E-state index in [0.29, 0.717) is 107 Å². The van der Waals surface area contributed by atoms with Crippen LogP contribution in [-0.4, -0.2) is 117 Å². The molecule has 660 valence electrons. The summed E-state index contributed by atoms with van der Waals surface area (Å²) in [6.07, 6.45) is 5.27. The Bertz CT molecular complexity index is 6290. The second-order valence-corrected chi connectivity index (χ2v) is 34.4. The number of aromatic nitrogens is 3. The third-order valence-corrected chi connectivity index (χ3v) is 25.4. The zero-order valence-corrected chi connectivity index (χ0v) is 75.8. The minimum Gasteiger partial charge on any atom is -0.481 e. The van der Waals surface area contributed by atoms with Crippen LogP contribution in [0, 0.1) is 79.3 Å². The van der Waals surface area contributed by atoms with Gasteiger partial charge < -0.3 is 60.6 Å². The molecule has 10 aromatic rings. The van der Waals surface area contributed by atoms with Gasteiger partial charge in [-0.05, 0) is 233 Å². The number of hydrogen-bond acceptors (Lipinski definition) is 17. The van der Waals surface area contributed by atoms with E-state index in [1.54, 1.807) is 62.0 Å². The molecule has 0 saturated heterocycles. The summed E-state index contributed by atoms with van der Waals surface area (Å²) in [5.41, 5.74) is 15.8. The highest BCUT2D eigenvalue weighted by Gasteiger charge is 2.44. The van der Waals surface area contributed by atoms with Crippen LogP contribution in [0.1, 0.15) is 175 Å². The Morgan fingerprint density at radius 2 is 0.754 bits per heavy atom. The van der Waals surface area contributed by atoms with E-state index in [1.807, 2.05) is 220 Å². The number of carbonyl (C=O) groups excluding carboxylic acids is 5. The summed E-state index contributed by atoms with van der Waals surface area (Å²) in [6.45, 7) is 22.8. The molecule has 6 atom stereocenters. The molecule has 0 saturated carbocycles. The number of fused-ring (bicyclic) bond motifs is 6. The molecule has 130 heavy (non-hydrogen) atoms. The van der Waals surface area contributed by atoms with Gasteiger partial charge in [-0.15, -0.1) is 0 Å². The summed E-state index contributed by atoms with van der Waals surface area (Å²) < 4.78 is 10.4. The number of ether oxygens (including phenoxy) is 2. The number of urea groups is 5. The number of hydrogen-bond donors (Lipinski definition) is 5. The van der Waals surface area contributed by atoms with Crippen LogP contribution < -0.4 is 36.1 Å². The molecule has 0 radical (unpaired) electrons. The summed E-state index contributed by atoms with van der Waals surface area (Å²) in [7, 11) is 4.77. The lowest BCUT2D eigenvalue weighted by Crippen LogP contribution is -2.38. The lowest BCUT2D eigenvalue weighted by Gasteiger charge is -2.32. The summed E-state index contributed by atoms with van der Waals surface area (Å²) in [5, 5.41) is 82.9. The van der Waals surface area contributed by atoms with Crippen LogP contribution in [-0.2, 0) is 91.9 Å². The van der Waals surface area contributed by atoms with E-state index in [4.69, 9.17) is 31.6 Å². The van der Waals surface area contributed by atoms with Crippen LogP contribution in [0.3, 0.4) is 0 Å². The molecule has 27 nitrogen and oxygen atoms in total. The first-order valence-electron chi connectivity index (χ1n) is 43.0. The average molecular weight is 1760 g/mol. The minimum atomic E-state index is -0.890. The van der Waals surface area contributed by atoms with Crippen molar-refractivity contribution in [1.82, 2.24) is 39.5 Å². The third kappa shape index (κ3) is 20.8. The number of anilines is 5. The van der Waals surface area contributed by atoms with E-state index in [-0.39, 0.29) is 42.5 Å². The number of carbonyl (C=O) groups is 5. The van der Waals surface area contributed by atoms with Gasteiger partial charge in [-0.3, -0.25) is 4.98 Å². The maximum Gasteiger partial charge on any atom is 0.322 e. The highest BCUT2D eigenvalue weighted by molar-refractivity contribution is 6.31. The molecule has 10 amide bonds. The number of pyridine rings is 1. The van der Waals surface area contributed by atoms with Crippen LogP contribution in [0.4, 0.5) is 52.4 Å². The highest BCUT2D eigenvalue weighted by atomic mass is 35.5. The Hall–Kier alpha value is -15.3. The zero-order valence-electron chi connectivity index (χ0n) is 75.0. The van der Waals surface area contributed by atoms with Crippen molar-refractivity contribution in [2.24, 2.45) is 0 Å². The summed E-state index contributed by atoms with van der Waals surface area (Å²) >= 11 is 6.34. The number of nitrogens with one attached hydrogen (secondary N) is 5. The van der Waals surface area contributed by atoms with Crippen molar-refractivity contribution in [3.05, 3.63) is 294 Å². The van der Waals surface area contributed by atoms with Gasteiger partial charge in [0.1, 0.15) is 5.82 Å². The Morgan fingerprint density at radius 1 is 0.408 bits per heavy atom. The standard InChI is InChI=1S/C21H21ClN4O.C21H20N4O.C20H23N5O3.C20H18N4O.C20H21N3O/c1-3-26-11-13-4-5-14(10-18(13)25-20(26)27)21(2,12-23)16-7-6-15-17(22)8-9-24-19(15)16;1-3-25-13-17-7-8-18(10-19(17)24-20(25)26)21(2,14-23)11-15-5-4-6-16(9-15)12-22;1-5-25-11-13-6-7-14(8-15(13)22-19(25)26)20(2,12-21)10-16-23-17(27-3)9-18(24-16)28-4;1-20(13-22,10-14-4-3-5-15(8-14)11-21)17-7-6-16-12-24(2)19(25)23-18(16)9-17;1-3-23-13-16-9-10-17(11-18(16)22-19(23)24)20(2,14-21)12-15-7-5-4-6-8-15/h4-5,8-10,16H,3,6-7,11H2,1-2H3,(H,25,27);4-10H,3,11,13H2,1-2H3,(H,24,26);6-9H,5,10-11H2,1-4H3,(H,22,26);3-9H,10,12H2,1-2H3,(H,23,25);4-11H,3,12-13H2,1-2H3,(H,22,24)/t16-,21-;21-;3*20-/m10010/s1. The van der Waals surface area contributed by atoms with Crippen molar-refractivity contribution in [1.29, 1.82) is 36.8 Å². The predicted octanol–water partition coefficient (Wildman–Crippen LogP) is 19.1. The van der Waals surface area contributed by atoms with Gasteiger partial charge in [0, 0.05) is 118 Å². The number of amides is 10. The molecule has 1 aliphatic carbocycles. The first-order valence-corrected chi connectivity index (χ1v) is 43.4. The average Bonchev–Trinajstić information content (AvgIpc) is 1.57.